The molecule has 184 valence electrons. The van der Waals surface area contributed by atoms with Crippen LogP contribution in [0.2, 0.25) is 0 Å². The van der Waals surface area contributed by atoms with Gasteiger partial charge in [-0.05, 0) is 42.4 Å². The second-order valence-corrected chi connectivity index (χ2v) is 9.06. The van der Waals surface area contributed by atoms with Gasteiger partial charge in [0.05, 0.1) is 11.7 Å². The van der Waals surface area contributed by atoms with Crippen molar-refractivity contribution in [1.29, 1.82) is 0 Å². The number of hydrogen-bond donors (Lipinski definition) is 0. The minimum atomic E-state index is -0.364. The van der Waals surface area contributed by atoms with E-state index in [4.69, 9.17) is 18.9 Å². The Labute approximate surface area is 202 Å². The second-order valence-electron chi connectivity index (χ2n) is 9.06. The predicted octanol–water partition coefficient (Wildman–Crippen LogP) is 5.41. The molecular weight excluding hydrogens is 432 g/mol. The van der Waals surface area contributed by atoms with E-state index in [9.17, 15) is 9.59 Å². The first-order chi connectivity index (χ1) is 16.5. The zero-order chi connectivity index (χ0) is 24.3. The van der Waals surface area contributed by atoms with Crippen LogP contribution < -0.4 is 0 Å². The van der Waals surface area contributed by atoms with E-state index in [0.29, 0.717) is 37.5 Å². The monoisotopic (exact) mass is 468 g/mol. The van der Waals surface area contributed by atoms with Gasteiger partial charge in [0.15, 0.2) is 6.29 Å². The lowest BCUT2D eigenvalue weighted by molar-refractivity contribution is -0.254. The quantitative estimate of drug-likeness (QED) is 0.325. The molecule has 2 aromatic carbocycles. The van der Waals surface area contributed by atoms with Gasteiger partial charge in [0.1, 0.15) is 13.2 Å². The highest BCUT2D eigenvalue weighted by Crippen LogP contribution is 2.35. The Hall–Kier alpha value is -2.70. The number of carbonyl (C=O) groups is 2. The van der Waals surface area contributed by atoms with Gasteiger partial charge in [-0.15, -0.1) is 0 Å². The van der Waals surface area contributed by atoms with Crippen LogP contribution in [0.4, 0.5) is 0 Å². The molecule has 0 saturated carbocycles. The van der Waals surface area contributed by atoms with E-state index in [2.05, 4.69) is 20.8 Å². The van der Waals surface area contributed by atoms with Gasteiger partial charge in [0.25, 0.3) is 0 Å². The Bertz CT molecular complexity index is 884. The maximum atomic E-state index is 12.3. The van der Waals surface area contributed by atoms with E-state index >= 15 is 0 Å². The van der Waals surface area contributed by atoms with E-state index in [0.717, 1.165) is 12.0 Å². The van der Waals surface area contributed by atoms with Gasteiger partial charge in [0.2, 0.25) is 0 Å². The number of esters is 2. The van der Waals surface area contributed by atoms with Crippen molar-refractivity contribution in [3.63, 3.8) is 0 Å². The molecular formula is C28H36O6. The minimum absolute atomic E-state index is 0.194. The molecule has 6 heteroatoms. The molecule has 34 heavy (non-hydrogen) atoms. The largest absolute Gasteiger partial charge is 0.461 e. The lowest BCUT2D eigenvalue weighted by Gasteiger charge is -2.43. The number of benzene rings is 2. The molecule has 2 unspecified atom stereocenters. The van der Waals surface area contributed by atoms with Crippen molar-refractivity contribution in [2.75, 3.05) is 13.2 Å². The summed E-state index contributed by atoms with van der Waals surface area (Å²) in [4.78, 5) is 24.3. The molecule has 5 atom stereocenters. The van der Waals surface area contributed by atoms with Crippen molar-refractivity contribution in [3.8, 4) is 0 Å². The summed E-state index contributed by atoms with van der Waals surface area (Å²) >= 11 is 0. The molecule has 3 rings (SSSR count). The number of ether oxygens (including phenoxy) is 4. The number of unbranched alkanes of at least 4 members (excludes halogenated alkanes) is 1. The fourth-order valence-electron chi connectivity index (χ4n) is 4.06. The van der Waals surface area contributed by atoms with E-state index in [1.54, 1.807) is 12.1 Å². The molecule has 1 aliphatic rings. The van der Waals surface area contributed by atoms with Crippen molar-refractivity contribution in [2.24, 2.45) is 17.8 Å². The van der Waals surface area contributed by atoms with E-state index in [1.807, 2.05) is 48.5 Å². The Morgan fingerprint density at radius 2 is 1.50 bits per heavy atom. The van der Waals surface area contributed by atoms with Crippen LogP contribution in [-0.4, -0.2) is 37.5 Å². The molecule has 2 aromatic rings. The summed E-state index contributed by atoms with van der Waals surface area (Å²) in [6.45, 7) is 7.43. The van der Waals surface area contributed by atoms with Crippen molar-refractivity contribution in [1.82, 2.24) is 0 Å². The molecule has 1 saturated heterocycles. The van der Waals surface area contributed by atoms with Crippen LogP contribution in [-0.2, 0) is 30.3 Å². The molecule has 1 heterocycles. The van der Waals surface area contributed by atoms with Crippen molar-refractivity contribution in [2.45, 2.75) is 59.0 Å². The topological polar surface area (TPSA) is 71.1 Å². The first-order valence-corrected chi connectivity index (χ1v) is 12.1. The van der Waals surface area contributed by atoms with Gasteiger partial charge in [-0.1, -0.05) is 69.3 Å². The summed E-state index contributed by atoms with van der Waals surface area (Å²) in [5.74, 6) is 0.255. The Kier molecular flexibility index (Phi) is 10.1. The third-order valence-corrected chi connectivity index (χ3v) is 6.67. The highest BCUT2D eigenvalue weighted by molar-refractivity contribution is 5.89. The van der Waals surface area contributed by atoms with E-state index in [1.165, 1.54) is 0 Å². The van der Waals surface area contributed by atoms with Gasteiger partial charge in [0, 0.05) is 18.9 Å². The summed E-state index contributed by atoms with van der Waals surface area (Å²) in [5, 5.41) is 0. The average molecular weight is 469 g/mol. The molecule has 1 aliphatic heterocycles. The highest BCUT2D eigenvalue weighted by atomic mass is 16.7. The summed E-state index contributed by atoms with van der Waals surface area (Å²) in [6, 6.07) is 18.6. The highest BCUT2D eigenvalue weighted by Gasteiger charge is 2.40. The normalized spacial score (nSPS) is 24.4. The minimum Gasteiger partial charge on any atom is -0.461 e. The van der Waals surface area contributed by atoms with Crippen molar-refractivity contribution < 1.29 is 28.5 Å². The Morgan fingerprint density at radius 1 is 0.824 bits per heavy atom. The molecule has 0 amide bonds. The zero-order valence-electron chi connectivity index (χ0n) is 20.4. The van der Waals surface area contributed by atoms with Gasteiger partial charge in [-0.2, -0.15) is 0 Å². The summed E-state index contributed by atoms with van der Waals surface area (Å²) < 4.78 is 23.1. The fraction of sp³-hybridized carbons (Fsp3) is 0.500. The second kappa shape index (κ2) is 13.3. The third-order valence-electron chi connectivity index (χ3n) is 6.67. The number of carbonyl (C=O) groups excluding carboxylic acids is 2. The maximum Gasteiger partial charge on any atom is 0.338 e. The van der Waals surface area contributed by atoms with Gasteiger partial charge >= 0.3 is 11.9 Å². The molecule has 0 bridgehead atoms. The average Bonchev–Trinajstić information content (AvgIpc) is 2.87. The van der Waals surface area contributed by atoms with Crippen molar-refractivity contribution >= 4 is 11.9 Å². The van der Waals surface area contributed by atoms with Crippen LogP contribution in [0.5, 0.6) is 0 Å². The smallest absolute Gasteiger partial charge is 0.338 e. The standard InChI is InChI=1S/C28H36O6/c1-20-21(2)25(19-33-27(30)24-14-8-5-9-15-24)34-28(22(20)3)31-17-11-10-16-26(29)32-18-23-12-6-4-7-13-23/h4-9,12-15,20-22,25,28H,10-11,16-19H2,1-3H3/t20?,21-,22+,25?,28-/m0/s1. The van der Waals surface area contributed by atoms with E-state index < -0.39 is 0 Å². The first-order valence-electron chi connectivity index (χ1n) is 12.1. The molecule has 0 aliphatic carbocycles. The lowest BCUT2D eigenvalue weighted by atomic mass is 9.79. The number of hydrogen-bond acceptors (Lipinski definition) is 6. The molecule has 1 fully saturated rings. The van der Waals surface area contributed by atoms with Gasteiger partial charge < -0.3 is 18.9 Å². The SMILES string of the molecule is CC1[C@H](C)C(COC(=O)c2ccccc2)O[C@H](OCCCCC(=O)OCc2ccccc2)[C@@H]1C. The predicted molar refractivity (Wildman–Crippen MR) is 129 cm³/mol. The summed E-state index contributed by atoms with van der Waals surface area (Å²) in [5.41, 5.74) is 1.51. The third kappa shape index (κ3) is 7.67. The van der Waals surface area contributed by atoms with Crippen LogP contribution in [0.3, 0.4) is 0 Å². The lowest BCUT2D eigenvalue weighted by Crippen LogP contribution is -2.48. The van der Waals surface area contributed by atoms with Crippen LogP contribution in [0.15, 0.2) is 60.7 Å². The van der Waals surface area contributed by atoms with Crippen LogP contribution in [0, 0.1) is 17.8 Å². The molecule has 6 nitrogen and oxygen atoms in total. The van der Waals surface area contributed by atoms with E-state index in [-0.39, 0.29) is 42.8 Å². The maximum absolute atomic E-state index is 12.3. The Morgan fingerprint density at radius 3 is 2.21 bits per heavy atom. The molecule has 0 aromatic heterocycles. The van der Waals surface area contributed by atoms with Crippen LogP contribution >= 0.6 is 0 Å². The fourth-order valence-corrected chi connectivity index (χ4v) is 4.06. The Balaban J connectivity index is 1.37. The summed E-state index contributed by atoms with van der Waals surface area (Å²) in [7, 11) is 0. The molecule has 0 radical (unpaired) electrons. The van der Waals surface area contributed by atoms with Crippen molar-refractivity contribution in [3.05, 3.63) is 71.8 Å². The molecule has 0 N–H and O–H groups in total. The first kappa shape index (κ1) is 25.9. The van der Waals surface area contributed by atoms with Crippen LogP contribution in [0.1, 0.15) is 56.0 Å². The summed E-state index contributed by atoms with van der Waals surface area (Å²) in [6.07, 6.45) is 1.21. The number of rotatable bonds is 11. The van der Waals surface area contributed by atoms with Gasteiger partial charge in [-0.3, -0.25) is 4.79 Å². The van der Waals surface area contributed by atoms with Gasteiger partial charge in [-0.25, -0.2) is 4.79 Å². The van der Waals surface area contributed by atoms with Crippen LogP contribution in [0.25, 0.3) is 0 Å². The molecule has 0 spiro atoms. The zero-order valence-corrected chi connectivity index (χ0v) is 20.4.